The van der Waals surface area contributed by atoms with Crippen molar-refractivity contribution in [1.82, 2.24) is 9.78 Å². The van der Waals surface area contributed by atoms with Gasteiger partial charge in [0.25, 0.3) is 0 Å². The van der Waals surface area contributed by atoms with E-state index >= 15 is 0 Å². The van der Waals surface area contributed by atoms with E-state index in [9.17, 15) is 0 Å². The van der Waals surface area contributed by atoms with Crippen molar-refractivity contribution in [1.29, 1.82) is 0 Å². The third kappa shape index (κ3) is 2.24. The summed E-state index contributed by atoms with van der Waals surface area (Å²) in [6.07, 6.45) is 2.02. The van der Waals surface area contributed by atoms with Crippen LogP contribution in [0.4, 0.5) is 0 Å². The highest BCUT2D eigenvalue weighted by atomic mass is 15.3. The highest BCUT2D eigenvalue weighted by Crippen LogP contribution is 2.24. The standard InChI is InChI=1S/C17H17N3/c1-13-7-5-6-10-16(13)20-12-15(11-18)17(19-20)14-8-3-2-4-9-14/h2-10,12H,11,18H2,1H3. The van der Waals surface area contributed by atoms with E-state index in [1.54, 1.807) is 0 Å². The van der Waals surface area contributed by atoms with Crippen molar-refractivity contribution in [2.24, 2.45) is 5.73 Å². The molecule has 0 aliphatic carbocycles. The summed E-state index contributed by atoms with van der Waals surface area (Å²) >= 11 is 0. The summed E-state index contributed by atoms with van der Waals surface area (Å²) < 4.78 is 1.92. The Morgan fingerprint density at radius 3 is 2.40 bits per heavy atom. The maximum atomic E-state index is 5.86. The van der Waals surface area contributed by atoms with Gasteiger partial charge in [0.1, 0.15) is 0 Å². The molecule has 2 aromatic carbocycles. The Kier molecular flexibility index (Phi) is 3.35. The molecular formula is C17H17N3. The highest BCUT2D eigenvalue weighted by molar-refractivity contribution is 5.63. The monoisotopic (exact) mass is 263 g/mol. The van der Waals surface area contributed by atoms with Crippen LogP contribution in [0.2, 0.25) is 0 Å². The first kappa shape index (κ1) is 12.6. The van der Waals surface area contributed by atoms with E-state index in [-0.39, 0.29) is 0 Å². The maximum absolute atomic E-state index is 5.86. The largest absolute Gasteiger partial charge is 0.326 e. The molecule has 0 spiro atoms. The van der Waals surface area contributed by atoms with Crippen LogP contribution < -0.4 is 5.73 Å². The van der Waals surface area contributed by atoms with Gasteiger partial charge in [-0.1, -0.05) is 48.5 Å². The van der Waals surface area contributed by atoms with Gasteiger partial charge in [-0.15, -0.1) is 0 Å². The minimum atomic E-state index is 0.482. The lowest BCUT2D eigenvalue weighted by Gasteiger charge is -2.04. The first-order chi connectivity index (χ1) is 9.79. The fraction of sp³-hybridized carbons (Fsp3) is 0.118. The number of benzene rings is 2. The van der Waals surface area contributed by atoms with Gasteiger partial charge >= 0.3 is 0 Å². The Hall–Kier alpha value is -2.39. The third-order valence-electron chi connectivity index (χ3n) is 3.42. The molecular weight excluding hydrogens is 246 g/mol. The molecule has 2 N–H and O–H groups in total. The quantitative estimate of drug-likeness (QED) is 0.788. The predicted molar refractivity (Wildman–Crippen MR) is 81.6 cm³/mol. The Bertz CT molecular complexity index is 714. The second-order valence-corrected chi connectivity index (χ2v) is 4.80. The van der Waals surface area contributed by atoms with Crippen LogP contribution in [0.25, 0.3) is 16.9 Å². The minimum Gasteiger partial charge on any atom is -0.326 e. The lowest BCUT2D eigenvalue weighted by atomic mass is 10.1. The third-order valence-corrected chi connectivity index (χ3v) is 3.42. The average molecular weight is 263 g/mol. The van der Waals surface area contributed by atoms with Crippen molar-refractivity contribution in [3.8, 4) is 16.9 Å². The molecule has 1 aromatic heterocycles. The van der Waals surface area contributed by atoms with Gasteiger partial charge in [0.15, 0.2) is 0 Å². The molecule has 0 unspecified atom stereocenters. The lowest BCUT2D eigenvalue weighted by molar-refractivity contribution is 0.875. The van der Waals surface area contributed by atoms with Crippen LogP contribution in [0, 0.1) is 6.92 Å². The molecule has 3 aromatic rings. The number of hydrogen-bond donors (Lipinski definition) is 1. The van der Waals surface area contributed by atoms with Crippen molar-refractivity contribution in [2.75, 3.05) is 0 Å². The highest BCUT2D eigenvalue weighted by Gasteiger charge is 2.11. The average Bonchev–Trinajstić information content (AvgIpc) is 2.92. The topological polar surface area (TPSA) is 43.8 Å². The van der Waals surface area contributed by atoms with Gasteiger partial charge in [-0.25, -0.2) is 4.68 Å². The van der Waals surface area contributed by atoms with E-state index < -0.39 is 0 Å². The molecule has 0 saturated carbocycles. The summed E-state index contributed by atoms with van der Waals surface area (Å²) in [6.45, 7) is 2.57. The first-order valence-corrected chi connectivity index (χ1v) is 6.69. The van der Waals surface area contributed by atoms with E-state index in [0.717, 1.165) is 22.5 Å². The van der Waals surface area contributed by atoms with Gasteiger partial charge in [0.05, 0.1) is 11.4 Å². The smallest absolute Gasteiger partial charge is 0.0972 e. The van der Waals surface area contributed by atoms with Crippen molar-refractivity contribution in [3.05, 3.63) is 71.9 Å². The fourth-order valence-electron chi connectivity index (χ4n) is 2.34. The first-order valence-electron chi connectivity index (χ1n) is 6.69. The number of aromatic nitrogens is 2. The minimum absolute atomic E-state index is 0.482. The Morgan fingerprint density at radius 2 is 1.70 bits per heavy atom. The molecule has 100 valence electrons. The Balaban J connectivity index is 2.13. The van der Waals surface area contributed by atoms with Crippen LogP contribution in [0.3, 0.4) is 0 Å². The van der Waals surface area contributed by atoms with Crippen LogP contribution in [0.5, 0.6) is 0 Å². The molecule has 0 saturated heterocycles. The molecule has 0 aliphatic heterocycles. The van der Waals surface area contributed by atoms with Gasteiger partial charge in [-0.05, 0) is 18.6 Å². The number of rotatable bonds is 3. The molecule has 0 atom stereocenters. The van der Waals surface area contributed by atoms with Crippen molar-refractivity contribution in [2.45, 2.75) is 13.5 Å². The molecule has 0 amide bonds. The molecule has 0 fully saturated rings. The lowest BCUT2D eigenvalue weighted by Crippen LogP contribution is -1.97. The second-order valence-electron chi connectivity index (χ2n) is 4.80. The molecule has 0 aliphatic rings. The second kappa shape index (κ2) is 5.31. The van der Waals surface area contributed by atoms with E-state index in [4.69, 9.17) is 10.8 Å². The summed E-state index contributed by atoms with van der Waals surface area (Å²) in [7, 11) is 0. The molecule has 0 radical (unpaired) electrons. The summed E-state index contributed by atoms with van der Waals surface area (Å²) in [6, 6.07) is 18.4. The molecule has 1 heterocycles. The van der Waals surface area contributed by atoms with Crippen molar-refractivity contribution < 1.29 is 0 Å². The predicted octanol–water partition coefficient (Wildman–Crippen LogP) is 3.31. The molecule has 3 rings (SSSR count). The van der Waals surface area contributed by atoms with Crippen LogP contribution in [-0.4, -0.2) is 9.78 Å². The van der Waals surface area contributed by atoms with E-state index in [1.165, 1.54) is 5.56 Å². The summed E-state index contributed by atoms with van der Waals surface area (Å²) in [5, 5.41) is 4.72. The van der Waals surface area contributed by atoms with Crippen LogP contribution in [0.15, 0.2) is 60.8 Å². The number of hydrogen-bond acceptors (Lipinski definition) is 2. The van der Waals surface area contributed by atoms with Crippen LogP contribution in [-0.2, 0) is 6.54 Å². The van der Waals surface area contributed by atoms with Gasteiger partial charge in [-0.2, -0.15) is 5.10 Å². The van der Waals surface area contributed by atoms with E-state index in [0.29, 0.717) is 6.54 Å². The van der Waals surface area contributed by atoms with Crippen LogP contribution >= 0.6 is 0 Å². The molecule has 3 nitrogen and oxygen atoms in total. The summed E-state index contributed by atoms with van der Waals surface area (Å²) in [5.41, 5.74) is 11.3. The fourth-order valence-corrected chi connectivity index (χ4v) is 2.34. The van der Waals surface area contributed by atoms with Gasteiger partial charge in [0.2, 0.25) is 0 Å². The molecule has 3 heteroatoms. The maximum Gasteiger partial charge on any atom is 0.0972 e. The molecule has 0 bridgehead atoms. The summed E-state index contributed by atoms with van der Waals surface area (Å²) in [4.78, 5) is 0. The number of aryl methyl sites for hydroxylation is 1. The van der Waals surface area contributed by atoms with Gasteiger partial charge < -0.3 is 5.73 Å². The SMILES string of the molecule is Cc1ccccc1-n1cc(CN)c(-c2ccccc2)n1. The number of nitrogens with zero attached hydrogens (tertiary/aromatic N) is 2. The Labute approximate surface area is 118 Å². The number of para-hydroxylation sites is 1. The Morgan fingerprint density at radius 1 is 1.00 bits per heavy atom. The van der Waals surface area contributed by atoms with Gasteiger partial charge in [-0.3, -0.25) is 0 Å². The van der Waals surface area contributed by atoms with Crippen molar-refractivity contribution in [3.63, 3.8) is 0 Å². The zero-order valence-electron chi connectivity index (χ0n) is 11.5. The normalized spacial score (nSPS) is 10.7. The van der Waals surface area contributed by atoms with Crippen LogP contribution in [0.1, 0.15) is 11.1 Å². The van der Waals surface area contributed by atoms with E-state index in [1.807, 2.05) is 41.2 Å². The van der Waals surface area contributed by atoms with Crippen molar-refractivity contribution >= 4 is 0 Å². The van der Waals surface area contributed by atoms with Gasteiger partial charge in [0, 0.05) is 23.9 Å². The zero-order valence-corrected chi connectivity index (χ0v) is 11.5. The van der Waals surface area contributed by atoms with E-state index in [2.05, 4.69) is 31.2 Å². The zero-order chi connectivity index (χ0) is 13.9. The number of nitrogens with two attached hydrogens (primary N) is 1. The summed E-state index contributed by atoms with van der Waals surface area (Å²) in [5.74, 6) is 0. The molecule has 20 heavy (non-hydrogen) atoms.